The van der Waals surface area contributed by atoms with E-state index in [-0.39, 0.29) is 36.4 Å². The van der Waals surface area contributed by atoms with Crippen LogP contribution in [0.15, 0.2) is 36.4 Å². The summed E-state index contributed by atoms with van der Waals surface area (Å²) in [6.45, 7) is 0.434. The fraction of sp³-hybridized carbons (Fsp3) is 0.462. The molecule has 2 rings (SSSR count). The molecule has 1 N–H and O–H groups in total. The molecule has 0 saturated carbocycles. The van der Waals surface area contributed by atoms with E-state index in [2.05, 4.69) is 0 Å². The minimum atomic E-state index is 0. The highest BCUT2D eigenvalue weighted by Gasteiger charge is 2.10. The molecule has 0 aliphatic carbocycles. The van der Waals surface area contributed by atoms with Gasteiger partial charge in [-0.2, -0.15) is 4.74 Å². The van der Waals surface area contributed by atoms with Crippen molar-refractivity contribution in [3.05, 3.63) is 41.6 Å². The van der Waals surface area contributed by atoms with E-state index in [1.807, 2.05) is 36.4 Å². The van der Waals surface area contributed by atoms with Crippen LogP contribution in [0.1, 0.15) is 29.7 Å². The van der Waals surface area contributed by atoms with Crippen LogP contribution in [-0.4, -0.2) is 34.4 Å². The Morgan fingerprint density at radius 1 is 0.882 bits per heavy atom. The quantitative estimate of drug-likeness (QED) is 0.561. The molecule has 0 unspecified atom stereocenters. The average Bonchev–Trinajstić information content (AvgIpc) is 2.54. The smallest absolute Gasteiger partial charge is 0.230 e. The van der Waals surface area contributed by atoms with Crippen LogP contribution >= 0.6 is 0 Å². The Morgan fingerprint density at radius 3 is 1.35 bits per heavy atom. The van der Waals surface area contributed by atoms with Gasteiger partial charge in [-0.1, -0.05) is 66.1 Å². The summed E-state index contributed by atoms with van der Waals surface area (Å²) < 4.78 is 0.681. The molecule has 0 spiro atoms. The molecule has 4 heteroatoms. The molecule has 0 fully saturated rings. The Labute approximate surface area is 106 Å². The van der Waals surface area contributed by atoms with Gasteiger partial charge in [-0.15, -0.1) is 5.06 Å². The molecule has 4 nitrogen and oxygen atoms in total. The Bertz CT molecular complexity index is 237. The second-order valence-electron chi connectivity index (χ2n) is 2.58. The zero-order valence-corrected chi connectivity index (χ0v) is 7.21. The van der Waals surface area contributed by atoms with Crippen molar-refractivity contribution in [1.29, 1.82) is 0 Å². The molecule has 1 aromatic carbocycles. The van der Waals surface area contributed by atoms with Crippen molar-refractivity contribution in [3.8, 4) is 0 Å². The first-order valence-corrected chi connectivity index (χ1v) is 4.00. The van der Waals surface area contributed by atoms with Gasteiger partial charge in [0.15, 0.2) is 6.21 Å². The third-order valence-corrected chi connectivity index (χ3v) is 1.47. The lowest BCUT2D eigenvalue weighted by Gasteiger charge is -1.98. The molecule has 0 radical (unpaired) electrons. The van der Waals surface area contributed by atoms with Gasteiger partial charge < -0.3 is 10.4 Å². The van der Waals surface area contributed by atoms with E-state index in [4.69, 9.17) is 5.21 Å². The molecule has 1 heterocycles. The molecular formula is C13H28N2O2. The van der Waals surface area contributed by atoms with E-state index in [0.717, 1.165) is 5.06 Å². The van der Waals surface area contributed by atoms with Gasteiger partial charge >= 0.3 is 0 Å². The molecule has 1 aliphatic rings. The molecule has 17 heavy (non-hydrogen) atoms. The molecule has 0 saturated heterocycles. The zero-order valence-electron chi connectivity index (χ0n) is 7.21. The maximum atomic E-state index is 10.1. The predicted octanol–water partition coefficient (Wildman–Crippen LogP) is 3.46. The van der Waals surface area contributed by atoms with Crippen LogP contribution in [-0.2, 0) is 0 Å². The largest absolute Gasteiger partial charge is 0.623 e. The lowest BCUT2D eigenvalue weighted by Crippen LogP contribution is -2.17. The molecule has 0 bridgehead atoms. The maximum Gasteiger partial charge on any atom is 0.230 e. The number of hydrogen-bond acceptors (Lipinski definition) is 3. The van der Waals surface area contributed by atoms with Crippen LogP contribution in [0.4, 0.5) is 0 Å². The van der Waals surface area contributed by atoms with Crippen molar-refractivity contribution in [2.75, 3.05) is 13.2 Å². The molecular weight excluding hydrogens is 216 g/mol. The fourth-order valence-corrected chi connectivity index (χ4v) is 0.847. The van der Waals surface area contributed by atoms with Crippen molar-refractivity contribution < 1.29 is 9.95 Å². The van der Waals surface area contributed by atoms with Gasteiger partial charge in [-0.25, -0.2) is 0 Å². The summed E-state index contributed by atoms with van der Waals surface area (Å²) in [6, 6.07) is 12.0. The number of rotatable bonds is 0. The van der Waals surface area contributed by atoms with Gasteiger partial charge in [0.2, 0.25) is 6.67 Å². The van der Waals surface area contributed by atoms with Crippen molar-refractivity contribution in [2.24, 2.45) is 0 Å². The number of hydroxylamine groups is 3. The first-order valence-electron chi connectivity index (χ1n) is 4.00. The summed E-state index contributed by atoms with van der Waals surface area (Å²) in [6.07, 6.45) is 1.38. The standard InChI is InChI=1S/C6H6.C3H6N2O2.4CH4/c1-2-4-6-5-3-1;6-4-1-2-5(7)3-4;;;;/h1-6H;1,7H,2-3H2;4*1H4. The highest BCUT2D eigenvalue weighted by atomic mass is 16.5. The Hall–Kier alpha value is -1.39. The summed E-state index contributed by atoms with van der Waals surface area (Å²) in [5.74, 6) is 0. The number of benzene rings is 1. The number of hydrogen-bond donors (Lipinski definition) is 1. The van der Waals surface area contributed by atoms with Crippen LogP contribution in [0.3, 0.4) is 0 Å². The molecule has 0 aromatic heterocycles. The van der Waals surface area contributed by atoms with E-state index in [1.54, 1.807) is 0 Å². The molecule has 1 aromatic rings. The first kappa shape index (κ1) is 24.7. The summed E-state index contributed by atoms with van der Waals surface area (Å²) in [5, 5.41) is 19.5. The molecule has 1 aliphatic heterocycles. The Kier molecular flexibility index (Phi) is 21.2. The Balaban J connectivity index is -0.0000000810. The fourth-order valence-electron chi connectivity index (χ4n) is 0.847. The van der Waals surface area contributed by atoms with E-state index in [1.165, 1.54) is 6.21 Å². The monoisotopic (exact) mass is 244 g/mol. The van der Waals surface area contributed by atoms with Gasteiger partial charge in [0.1, 0.15) is 6.54 Å². The second kappa shape index (κ2) is 14.6. The van der Waals surface area contributed by atoms with Crippen LogP contribution in [0.2, 0.25) is 0 Å². The summed E-state index contributed by atoms with van der Waals surface area (Å²) in [7, 11) is 0. The summed E-state index contributed by atoms with van der Waals surface area (Å²) in [4.78, 5) is 0. The van der Waals surface area contributed by atoms with Crippen molar-refractivity contribution in [1.82, 2.24) is 5.06 Å². The highest BCUT2D eigenvalue weighted by molar-refractivity contribution is 5.54. The lowest BCUT2D eigenvalue weighted by atomic mass is 10.4. The van der Waals surface area contributed by atoms with Crippen LogP contribution in [0.25, 0.3) is 0 Å². The number of nitrogens with zero attached hydrogens (tertiary/aromatic N) is 2. The van der Waals surface area contributed by atoms with E-state index in [9.17, 15) is 5.21 Å². The summed E-state index contributed by atoms with van der Waals surface area (Å²) >= 11 is 0. The lowest BCUT2D eigenvalue weighted by molar-refractivity contribution is -0.482. The van der Waals surface area contributed by atoms with Crippen LogP contribution < -0.4 is 0 Å². The van der Waals surface area contributed by atoms with Crippen LogP contribution in [0.5, 0.6) is 0 Å². The van der Waals surface area contributed by atoms with Gasteiger partial charge in [0, 0.05) is 0 Å². The molecule has 102 valence electrons. The minimum Gasteiger partial charge on any atom is -0.623 e. The minimum absolute atomic E-state index is 0. The van der Waals surface area contributed by atoms with Crippen LogP contribution in [0, 0.1) is 5.21 Å². The van der Waals surface area contributed by atoms with Gasteiger partial charge in [0.25, 0.3) is 0 Å². The van der Waals surface area contributed by atoms with E-state index < -0.39 is 0 Å². The third-order valence-electron chi connectivity index (χ3n) is 1.47. The average molecular weight is 244 g/mol. The first-order chi connectivity index (χ1) is 6.29. The predicted molar refractivity (Wildman–Crippen MR) is 76.4 cm³/mol. The molecule has 0 atom stereocenters. The van der Waals surface area contributed by atoms with Gasteiger partial charge in [0.05, 0.1) is 0 Å². The highest BCUT2D eigenvalue weighted by Crippen LogP contribution is 1.85. The Morgan fingerprint density at radius 2 is 1.24 bits per heavy atom. The third kappa shape index (κ3) is 12.5. The van der Waals surface area contributed by atoms with Gasteiger partial charge in [-0.05, 0) is 0 Å². The SMILES string of the molecule is C.C.C.C.[O-][N+]1=CCN(O)C1.c1ccccc1. The van der Waals surface area contributed by atoms with Crippen molar-refractivity contribution >= 4 is 6.21 Å². The van der Waals surface area contributed by atoms with E-state index >= 15 is 0 Å². The van der Waals surface area contributed by atoms with Gasteiger partial charge in [-0.3, -0.25) is 0 Å². The maximum absolute atomic E-state index is 10.1. The van der Waals surface area contributed by atoms with Crippen molar-refractivity contribution in [3.63, 3.8) is 0 Å². The van der Waals surface area contributed by atoms with Crippen molar-refractivity contribution in [2.45, 2.75) is 29.7 Å². The second-order valence-corrected chi connectivity index (χ2v) is 2.58. The zero-order chi connectivity index (χ0) is 9.52. The van der Waals surface area contributed by atoms with E-state index in [0.29, 0.717) is 11.3 Å². The summed E-state index contributed by atoms with van der Waals surface area (Å²) in [5.41, 5.74) is 0. The topological polar surface area (TPSA) is 49.5 Å². The molecule has 0 amide bonds. The normalized spacial score (nSPS) is 12.2.